The van der Waals surface area contributed by atoms with Gasteiger partial charge in [-0.2, -0.15) is 12.7 Å². The van der Waals surface area contributed by atoms with Gasteiger partial charge in [0.25, 0.3) is 0 Å². The summed E-state index contributed by atoms with van der Waals surface area (Å²) in [5.74, 6) is -0.0553. The van der Waals surface area contributed by atoms with Crippen molar-refractivity contribution in [3.8, 4) is 0 Å². The van der Waals surface area contributed by atoms with Gasteiger partial charge in [0.05, 0.1) is 12.2 Å². The van der Waals surface area contributed by atoms with Crippen molar-refractivity contribution in [3.63, 3.8) is 0 Å². The molecule has 21 heavy (non-hydrogen) atoms. The number of carbonyl (C=O) groups is 1. The Morgan fingerprint density at radius 1 is 1.19 bits per heavy atom. The van der Waals surface area contributed by atoms with Gasteiger partial charge in [0.15, 0.2) is 5.78 Å². The molecule has 1 heterocycles. The molecule has 116 valence electrons. The number of ketones is 1. The van der Waals surface area contributed by atoms with Crippen molar-refractivity contribution in [2.75, 3.05) is 17.8 Å². The highest BCUT2D eigenvalue weighted by molar-refractivity contribution is 7.90. The lowest BCUT2D eigenvalue weighted by Crippen LogP contribution is -2.49. The number of carbonyl (C=O) groups excluding carboxylic acids is 1. The topological polar surface area (TPSA) is 75.7 Å². The van der Waals surface area contributed by atoms with Crippen molar-refractivity contribution in [1.82, 2.24) is 4.31 Å². The van der Waals surface area contributed by atoms with Gasteiger partial charge in [0.1, 0.15) is 0 Å². The standard InChI is InChI=1S/C14H20N2O4S/c1-10-8-16(9-11(2)20-10)21(18,19)15-14-6-4-13(5-7-14)12(3)17/h4-7,10-11,15H,8-9H2,1-3H3/t10-,11-/m0/s1. The van der Waals surface area contributed by atoms with Crippen LogP contribution in [0.2, 0.25) is 0 Å². The van der Waals surface area contributed by atoms with Gasteiger partial charge in [-0.3, -0.25) is 9.52 Å². The summed E-state index contributed by atoms with van der Waals surface area (Å²) in [6, 6.07) is 6.37. The van der Waals surface area contributed by atoms with Crippen molar-refractivity contribution in [2.45, 2.75) is 33.0 Å². The van der Waals surface area contributed by atoms with E-state index in [4.69, 9.17) is 4.74 Å². The molecule has 0 radical (unpaired) electrons. The number of benzene rings is 1. The zero-order chi connectivity index (χ0) is 15.6. The molecule has 0 amide bonds. The second-order valence-electron chi connectivity index (χ2n) is 5.31. The van der Waals surface area contributed by atoms with Crippen LogP contribution in [-0.2, 0) is 14.9 Å². The first-order chi connectivity index (χ1) is 9.78. The Balaban J connectivity index is 2.11. The molecular formula is C14H20N2O4S. The van der Waals surface area contributed by atoms with E-state index < -0.39 is 10.2 Å². The van der Waals surface area contributed by atoms with Crippen molar-refractivity contribution >= 4 is 21.7 Å². The average Bonchev–Trinajstić information content (AvgIpc) is 2.37. The van der Waals surface area contributed by atoms with E-state index in [-0.39, 0.29) is 18.0 Å². The number of nitrogens with one attached hydrogen (secondary N) is 1. The van der Waals surface area contributed by atoms with Gasteiger partial charge < -0.3 is 4.74 Å². The summed E-state index contributed by atoms with van der Waals surface area (Å²) in [5, 5.41) is 0. The molecular weight excluding hydrogens is 292 g/mol. The number of hydrogen-bond donors (Lipinski definition) is 1. The van der Waals surface area contributed by atoms with Crippen molar-refractivity contribution in [1.29, 1.82) is 0 Å². The Hall–Kier alpha value is -1.44. The van der Waals surface area contributed by atoms with Gasteiger partial charge >= 0.3 is 10.2 Å². The predicted octanol–water partition coefficient (Wildman–Crippen LogP) is 1.66. The summed E-state index contributed by atoms with van der Waals surface area (Å²) in [5.41, 5.74) is 0.985. The third-order valence-corrected chi connectivity index (χ3v) is 4.74. The molecule has 1 N–H and O–H groups in total. The smallest absolute Gasteiger partial charge is 0.301 e. The van der Waals surface area contributed by atoms with Gasteiger partial charge in [-0.25, -0.2) is 0 Å². The molecule has 2 atom stereocenters. The van der Waals surface area contributed by atoms with E-state index >= 15 is 0 Å². The summed E-state index contributed by atoms with van der Waals surface area (Å²) in [6.45, 7) is 5.81. The fourth-order valence-corrected chi connectivity index (χ4v) is 3.69. The Labute approximate surface area is 125 Å². The van der Waals surface area contributed by atoms with Gasteiger partial charge in [-0.05, 0) is 45.0 Å². The van der Waals surface area contributed by atoms with E-state index in [1.807, 2.05) is 13.8 Å². The van der Waals surface area contributed by atoms with Crippen LogP contribution < -0.4 is 4.72 Å². The van der Waals surface area contributed by atoms with Crippen LogP contribution in [0.4, 0.5) is 5.69 Å². The molecule has 0 unspecified atom stereocenters. The molecule has 0 aliphatic carbocycles. The summed E-state index contributed by atoms with van der Waals surface area (Å²) in [7, 11) is -3.62. The monoisotopic (exact) mass is 312 g/mol. The molecule has 0 bridgehead atoms. The first-order valence-electron chi connectivity index (χ1n) is 6.82. The van der Waals surface area contributed by atoms with Crippen LogP contribution in [0, 0.1) is 0 Å². The van der Waals surface area contributed by atoms with Gasteiger partial charge in [0, 0.05) is 24.3 Å². The molecule has 1 aliphatic heterocycles. The van der Waals surface area contributed by atoms with E-state index in [1.165, 1.54) is 11.2 Å². The summed E-state index contributed by atoms with van der Waals surface area (Å²) < 4.78 is 34.2. The van der Waals surface area contributed by atoms with Crippen molar-refractivity contribution < 1.29 is 17.9 Å². The summed E-state index contributed by atoms with van der Waals surface area (Å²) in [6.07, 6.45) is -0.268. The van der Waals surface area contributed by atoms with Crippen molar-refractivity contribution in [2.24, 2.45) is 0 Å². The first kappa shape index (κ1) is 15.9. The zero-order valence-electron chi connectivity index (χ0n) is 12.4. The van der Waals surface area contributed by atoms with E-state index in [2.05, 4.69) is 4.72 Å². The van der Waals surface area contributed by atoms with Crippen molar-refractivity contribution in [3.05, 3.63) is 29.8 Å². The number of ether oxygens (including phenoxy) is 1. The van der Waals surface area contributed by atoms with Crippen LogP contribution in [0.3, 0.4) is 0 Å². The van der Waals surface area contributed by atoms with Crippen LogP contribution in [0.1, 0.15) is 31.1 Å². The van der Waals surface area contributed by atoms with Gasteiger partial charge in [-0.15, -0.1) is 0 Å². The number of nitrogens with zero attached hydrogens (tertiary/aromatic N) is 1. The minimum Gasteiger partial charge on any atom is -0.373 e. The van der Waals surface area contributed by atoms with Crippen LogP contribution in [0.15, 0.2) is 24.3 Å². The minimum absolute atomic E-state index is 0.0553. The van der Waals surface area contributed by atoms with E-state index in [9.17, 15) is 13.2 Å². The first-order valence-corrected chi connectivity index (χ1v) is 8.26. The third-order valence-electron chi connectivity index (χ3n) is 3.26. The van der Waals surface area contributed by atoms with Gasteiger partial charge in [-0.1, -0.05) is 0 Å². The Kier molecular flexibility index (Phi) is 4.65. The summed E-state index contributed by atoms with van der Waals surface area (Å²) >= 11 is 0. The lowest BCUT2D eigenvalue weighted by atomic mass is 10.1. The molecule has 1 saturated heterocycles. The molecule has 6 nitrogen and oxygen atoms in total. The van der Waals surface area contributed by atoms with E-state index in [0.717, 1.165) is 0 Å². The fourth-order valence-electron chi connectivity index (χ4n) is 2.31. The highest BCUT2D eigenvalue weighted by atomic mass is 32.2. The van der Waals surface area contributed by atoms with Crippen LogP contribution >= 0.6 is 0 Å². The molecule has 0 saturated carbocycles. The van der Waals surface area contributed by atoms with Crippen LogP contribution in [-0.4, -0.2) is 43.8 Å². The Morgan fingerprint density at radius 3 is 2.19 bits per heavy atom. The molecule has 1 fully saturated rings. The average molecular weight is 312 g/mol. The zero-order valence-corrected chi connectivity index (χ0v) is 13.2. The highest BCUT2D eigenvalue weighted by Gasteiger charge is 2.30. The maximum atomic E-state index is 12.4. The van der Waals surface area contributed by atoms with Crippen LogP contribution in [0.5, 0.6) is 0 Å². The number of morpholine rings is 1. The highest BCUT2D eigenvalue weighted by Crippen LogP contribution is 2.18. The third kappa shape index (κ3) is 4.03. The normalized spacial score (nSPS) is 23.8. The summed E-state index contributed by atoms with van der Waals surface area (Å²) in [4.78, 5) is 11.2. The molecule has 1 aromatic carbocycles. The maximum Gasteiger partial charge on any atom is 0.301 e. The Bertz CT molecular complexity index is 602. The minimum atomic E-state index is -3.62. The predicted molar refractivity (Wildman–Crippen MR) is 80.6 cm³/mol. The number of rotatable bonds is 4. The number of Topliss-reactive ketones (excluding diaryl/α,β-unsaturated/α-hetero) is 1. The maximum absolute atomic E-state index is 12.4. The lowest BCUT2D eigenvalue weighted by Gasteiger charge is -2.34. The molecule has 1 aromatic rings. The molecule has 2 rings (SSSR count). The second-order valence-corrected chi connectivity index (χ2v) is 6.99. The Morgan fingerprint density at radius 2 is 1.71 bits per heavy atom. The molecule has 7 heteroatoms. The van der Waals surface area contributed by atoms with E-state index in [1.54, 1.807) is 24.3 Å². The second kappa shape index (κ2) is 6.13. The van der Waals surface area contributed by atoms with E-state index in [0.29, 0.717) is 24.3 Å². The SMILES string of the molecule is CC(=O)c1ccc(NS(=O)(=O)N2C[C@H](C)O[C@@H](C)C2)cc1. The number of hydrogen-bond acceptors (Lipinski definition) is 4. The molecule has 0 aromatic heterocycles. The largest absolute Gasteiger partial charge is 0.373 e. The lowest BCUT2D eigenvalue weighted by molar-refractivity contribution is -0.0439. The van der Waals surface area contributed by atoms with Gasteiger partial charge in [0.2, 0.25) is 0 Å². The molecule has 0 spiro atoms. The fraction of sp³-hybridized carbons (Fsp3) is 0.500. The van der Waals surface area contributed by atoms with Crippen LogP contribution in [0.25, 0.3) is 0 Å². The quantitative estimate of drug-likeness (QED) is 0.858. The number of anilines is 1. The molecule has 1 aliphatic rings.